The summed E-state index contributed by atoms with van der Waals surface area (Å²) in [4.78, 5) is 21.0. The molecule has 4 nitrogen and oxygen atoms in total. The minimum absolute atomic E-state index is 0.196. The van der Waals surface area contributed by atoms with Crippen LogP contribution in [-0.2, 0) is 4.74 Å². The first kappa shape index (κ1) is 15.9. The molecule has 0 aliphatic rings. The van der Waals surface area contributed by atoms with E-state index in [1.165, 1.54) is 0 Å². The summed E-state index contributed by atoms with van der Waals surface area (Å²) in [7, 11) is 0. The molecule has 0 radical (unpaired) electrons. The number of carbonyl (C=O) groups excluding carboxylic acids is 1. The van der Waals surface area contributed by atoms with E-state index in [1.807, 2.05) is 38.1 Å². The lowest BCUT2D eigenvalue weighted by molar-refractivity contribution is 0.0526. The number of nitrogens with zero attached hydrogens (tertiary/aromatic N) is 2. The van der Waals surface area contributed by atoms with Crippen molar-refractivity contribution in [3.8, 4) is 11.3 Å². The van der Waals surface area contributed by atoms with Crippen LogP contribution >= 0.6 is 22.6 Å². The van der Waals surface area contributed by atoms with E-state index < -0.39 is 0 Å². The summed E-state index contributed by atoms with van der Waals surface area (Å²) < 4.78 is 6.15. The van der Waals surface area contributed by atoms with Gasteiger partial charge in [-0.15, -0.1) is 0 Å². The van der Waals surface area contributed by atoms with E-state index in [-0.39, 0.29) is 11.9 Å². The highest BCUT2D eigenvalue weighted by Crippen LogP contribution is 2.27. The zero-order valence-corrected chi connectivity index (χ0v) is 14.4. The van der Waals surface area contributed by atoms with Crippen LogP contribution in [0, 0.1) is 3.57 Å². The zero-order chi connectivity index (χ0) is 15.4. The van der Waals surface area contributed by atoms with Crippen LogP contribution in [0.4, 0.5) is 0 Å². The Bertz CT molecular complexity index is 656. The first-order valence-corrected chi connectivity index (χ1v) is 7.91. The SMILES string of the molecule is CCOC(=O)c1cnc(C(C)C)nc1-c1ccccc1I. The minimum Gasteiger partial charge on any atom is -0.462 e. The van der Waals surface area contributed by atoms with Crippen molar-refractivity contribution in [2.75, 3.05) is 6.61 Å². The Morgan fingerprint density at radius 2 is 2.05 bits per heavy atom. The van der Waals surface area contributed by atoms with Crippen molar-refractivity contribution in [2.24, 2.45) is 0 Å². The Labute approximate surface area is 138 Å². The first-order chi connectivity index (χ1) is 10.0. The molecule has 2 rings (SSSR count). The maximum atomic E-state index is 12.1. The van der Waals surface area contributed by atoms with Gasteiger partial charge in [-0.05, 0) is 35.6 Å². The summed E-state index contributed by atoms with van der Waals surface area (Å²) in [5.74, 6) is 0.529. The number of aromatic nitrogens is 2. The monoisotopic (exact) mass is 396 g/mol. The smallest absolute Gasteiger partial charge is 0.341 e. The fraction of sp³-hybridized carbons (Fsp3) is 0.312. The molecule has 0 atom stereocenters. The molecule has 0 saturated carbocycles. The van der Waals surface area contributed by atoms with Gasteiger partial charge in [-0.3, -0.25) is 0 Å². The van der Waals surface area contributed by atoms with Crippen molar-refractivity contribution in [3.63, 3.8) is 0 Å². The summed E-state index contributed by atoms with van der Waals surface area (Å²) >= 11 is 2.24. The Kier molecular flexibility index (Phi) is 5.27. The normalized spacial score (nSPS) is 10.7. The molecule has 21 heavy (non-hydrogen) atoms. The molecule has 0 spiro atoms. The molecule has 5 heteroatoms. The zero-order valence-electron chi connectivity index (χ0n) is 12.3. The first-order valence-electron chi connectivity index (χ1n) is 6.83. The molecule has 1 heterocycles. The summed E-state index contributed by atoms with van der Waals surface area (Å²) in [5, 5.41) is 0. The standard InChI is InChI=1S/C16H17IN2O2/c1-4-21-16(20)12-9-18-15(10(2)3)19-14(12)11-7-5-6-8-13(11)17/h5-10H,4H2,1-3H3. The third kappa shape index (κ3) is 3.58. The van der Waals surface area contributed by atoms with E-state index in [2.05, 4.69) is 32.6 Å². The lowest BCUT2D eigenvalue weighted by Crippen LogP contribution is -2.11. The molecule has 0 N–H and O–H groups in total. The number of esters is 1. The lowest BCUT2D eigenvalue weighted by atomic mass is 10.1. The second kappa shape index (κ2) is 6.98. The second-order valence-electron chi connectivity index (χ2n) is 4.85. The van der Waals surface area contributed by atoms with Gasteiger partial charge < -0.3 is 4.74 Å². The third-order valence-electron chi connectivity index (χ3n) is 2.95. The molecular weight excluding hydrogens is 379 g/mol. The molecule has 0 amide bonds. The van der Waals surface area contributed by atoms with Gasteiger partial charge in [-0.1, -0.05) is 32.0 Å². The number of halogens is 1. The van der Waals surface area contributed by atoms with Crippen LogP contribution < -0.4 is 0 Å². The maximum Gasteiger partial charge on any atom is 0.341 e. The van der Waals surface area contributed by atoms with Crippen LogP contribution in [0.5, 0.6) is 0 Å². The second-order valence-corrected chi connectivity index (χ2v) is 6.01. The molecule has 0 saturated heterocycles. The van der Waals surface area contributed by atoms with Gasteiger partial charge in [0.1, 0.15) is 11.4 Å². The van der Waals surface area contributed by atoms with Gasteiger partial charge in [0.25, 0.3) is 0 Å². The lowest BCUT2D eigenvalue weighted by Gasteiger charge is -2.12. The van der Waals surface area contributed by atoms with Crippen LogP contribution in [0.25, 0.3) is 11.3 Å². The highest BCUT2D eigenvalue weighted by atomic mass is 127. The fourth-order valence-corrected chi connectivity index (χ4v) is 2.53. The Morgan fingerprint density at radius 3 is 2.67 bits per heavy atom. The number of carbonyl (C=O) groups is 1. The summed E-state index contributed by atoms with van der Waals surface area (Å²) in [6.07, 6.45) is 1.57. The number of hydrogen-bond donors (Lipinski definition) is 0. The Balaban J connectivity index is 2.62. The van der Waals surface area contributed by atoms with Crippen molar-refractivity contribution in [1.29, 1.82) is 0 Å². The largest absolute Gasteiger partial charge is 0.462 e. The summed E-state index contributed by atoms with van der Waals surface area (Å²) in [6, 6.07) is 7.84. The fourth-order valence-electron chi connectivity index (χ4n) is 1.89. The van der Waals surface area contributed by atoms with Crippen molar-refractivity contribution in [2.45, 2.75) is 26.7 Å². The molecule has 110 valence electrons. The molecule has 0 aliphatic heterocycles. The van der Waals surface area contributed by atoms with Crippen molar-refractivity contribution < 1.29 is 9.53 Å². The number of rotatable bonds is 4. The van der Waals surface area contributed by atoms with Crippen molar-refractivity contribution in [3.05, 3.63) is 45.4 Å². The molecule has 1 aromatic carbocycles. The summed E-state index contributed by atoms with van der Waals surface area (Å²) in [5.41, 5.74) is 1.97. The van der Waals surface area contributed by atoms with Gasteiger partial charge in [0.05, 0.1) is 12.3 Å². The van der Waals surface area contributed by atoms with Gasteiger partial charge in [-0.25, -0.2) is 14.8 Å². The molecule has 2 aromatic rings. The topological polar surface area (TPSA) is 52.1 Å². The predicted octanol–water partition coefficient (Wildman–Crippen LogP) is 4.05. The van der Waals surface area contributed by atoms with Crippen molar-refractivity contribution >= 4 is 28.6 Å². The Hall–Kier alpha value is -1.50. The maximum absolute atomic E-state index is 12.1. The number of hydrogen-bond acceptors (Lipinski definition) is 4. The predicted molar refractivity (Wildman–Crippen MR) is 90.2 cm³/mol. The van der Waals surface area contributed by atoms with E-state index in [1.54, 1.807) is 13.1 Å². The highest BCUT2D eigenvalue weighted by Gasteiger charge is 2.19. The average molecular weight is 396 g/mol. The van der Waals surface area contributed by atoms with E-state index >= 15 is 0 Å². The van der Waals surface area contributed by atoms with E-state index in [0.717, 1.165) is 15.0 Å². The van der Waals surface area contributed by atoms with Gasteiger partial charge in [0, 0.05) is 21.2 Å². The van der Waals surface area contributed by atoms with Crippen LogP contribution in [-0.4, -0.2) is 22.5 Å². The van der Waals surface area contributed by atoms with E-state index in [0.29, 0.717) is 17.9 Å². The van der Waals surface area contributed by atoms with Crippen molar-refractivity contribution in [1.82, 2.24) is 9.97 Å². The van der Waals surface area contributed by atoms with E-state index in [9.17, 15) is 4.79 Å². The molecule has 0 bridgehead atoms. The van der Waals surface area contributed by atoms with Crippen LogP contribution in [0.1, 0.15) is 42.9 Å². The van der Waals surface area contributed by atoms with E-state index in [4.69, 9.17) is 4.74 Å². The van der Waals surface area contributed by atoms with Crippen LogP contribution in [0.2, 0.25) is 0 Å². The quantitative estimate of drug-likeness (QED) is 0.578. The molecule has 0 fully saturated rings. The molecule has 0 aliphatic carbocycles. The van der Waals surface area contributed by atoms with Gasteiger partial charge in [0.2, 0.25) is 0 Å². The summed E-state index contributed by atoms with van der Waals surface area (Å²) in [6.45, 7) is 6.17. The average Bonchev–Trinajstić information content (AvgIpc) is 2.47. The van der Waals surface area contributed by atoms with Gasteiger partial charge >= 0.3 is 5.97 Å². The molecule has 0 unspecified atom stereocenters. The highest BCUT2D eigenvalue weighted by molar-refractivity contribution is 14.1. The number of benzene rings is 1. The number of ether oxygens (including phenoxy) is 1. The molecule has 1 aromatic heterocycles. The molecular formula is C16H17IN2O2. The van der Waals surface area contributed by atoms with Crippen LogP contribution in [0.15, 0.2) is 30.5 Å². The van der Waals surface area contributed by atoms with Crippen LogP contribution in [0.3, 0.4) is 0 Å². The Morgan fingerprint density at radius 1 is 1.33 bits per heavy atom. The third-order valence-corrected chi connectivity index (χ3v) is 3.89. The van der Waals surface area contributed by atoms with Gasteiger partial charge in [0.15, 0.2) is 0 Å². The minimum atomic E-state index is -0.387. The van der Waals surface area contributed by atoms with Gasteiger partial charge in [-0.2, -0.15) is 0 Å².